The molecule has 1 unspecified atom stereocenters. The van der Waals surface area contributed by atoms with E-state index < -0.39 is 0 Å². The van der Waals surface area contributed by atoms with Crippen molar-refractivity contribution in [2.45, 2.75) is 45.8 Å². The lowest BCUT2D eigenvalue weighted by Crippen LogP contribution is -2.45. The van der Waals surface area contributed by atoms with Crippen LogP contribution in [0.2, 0.25) is 0 Å². The van der Waals surface area contributed by atoms with Crippen LogP contribution in [-0.2, 0) is 17.8 Å². The number of Topliss-reactive ketones (excluding diaryl/α,β-unsaturated/α-hetero) is 1. The summed E-state index contributed by atoms with van der Waals surface area (Å²) in [6, 6.07) is 6.78. The first kappa shape index (κ1) is 31.3. The van der Waals surface area contributed by atoms with E-state index >= 15 is 0 Å². The molecule has 2 aliphatic rings. The number of morpholine rings is 1. The van der Waals surface area contributed by atoms with E-state index in [1.54, 1.807) is 29.2 Å². The molecule has 226 valence electrons. The second kappa shape index (κ2) is 13.5. The van der Waals surface area contributed by atoms with Crippen LogP contribution < -0.4 is 20.9 Å². The van der Waals surface area contributed by atoms with Crippen LogP contribution in [0.1, 0.15) is 47.4 Å². The molecular formula is C30H39ClN6O5. The Bertz CT molecular complexity index is 1540. The second-order valence-electron chi connectivity index (χ2n) is 10.9. The van der Waals surface area contributed by atoms with Crippen molar-refractivity contribution >= 4 is 40.9 Å². The Labute approximate surface area is 251 Å². The van der Waals surface area contributed by atoms with Gasteiger partial charge >= 0.3 is 0 Å². The molecule has 2 aromatic heterocycles. The van der Waals surface area contributed by atoms with Gasteiger partial charge in [0.25, 0.3) is 11.5 Å². The number of amides is 1. The molecule has 2 aliphatic heterocycles. The van der Waals surface area contributed by atoms with Crippen molar-refractivity contribution in [2.75, 3.05) is 51.4 Å². The van der Waals surface area contributed by atoms with Gasteiger partial charge in [-0.3, -0.25) is 19.0 Å². The summed E-state index contributed by atoms with van der Waals surface area (Å²) in [4.78, 5) is 49.9. The van der Waals surface area contributed by atoms with Crippen molar-refractivity contribution in [3.63, 3.8) is 0 Å². The number of ketones is 1. The summed E-state index contributed by atoms with van der Waals surface area (Å²) in [5, 5.41) is 0. The Balaban J connectivity index is 0.00000405. The first-order chi connectivity index (χ1) is 19.8. The summed E-state index contributed by atoms with van der Waals surface area (Å²) in [6.07, 6.45) is 5.17. The molecule has 0 spiro atoms. The van der Waals surface area contributed by atoms with E-state index in [-0.39, 0.29) is 42.2 Å². The van der Waals surface area contributed by atoms with Crippen molar-refractivity contribution in [1.29, 1.82) is 0 Å². The standard InChI is InChI=1S/C30H38N6O5.ClH/c1-20(2)9-11-36-27-26(32-19-35(30(27)39)18-24(37)21-6-4-8-23(16-21)40-3)25(29(38)33-12-14-41-15-13-33)28(36)34-10-5-7-22(31)17-34;/h4,6,8-9,16,19,22H,5,7,10-15,17-18,31H2,1-3H3;1H. The van der Waals surface area contributed by atoms with Crippen LogP contribution in [0.5, 0.6) is 5.75 Å². The van der Waals surface area contributed by atoms with Crippen molar-refractivity contribution in [3.8, 4) is 5.75 Å². The molecule has 2 N–H and O–H groups in total. The number of rotatable bonds is 8. The number of piperidine rings is 1. The van der Waals surface area contributed by atoms with Crippen molar-refractivity contribution in [3.05, 3.63) is 63.7 Å². The Morgan fingerprint density at radius 1 is 1.19 bits per heavy atom. The molecule has 12 heteroatoms. The number of hydrogen-bond acceptors (Lipinski definition) is 8. The minimum Gasteiger partial charge on any atom is -0.497 e. The second-order valence-corrected chi connectivity index (χ2v) is 10.9. The Morgan fingerprint density at radius 2 is 1.95 bits per heavy atom. The number of nitrogens with two attached hydrogens (primary N) is 1. The highest BCUT2D eigenvalue weighted by atomic mass is 35.5. The molecule has 1 amide bonds. The largest absolute Gasteiger partial charge is 0.497 e. The lowest BCUT2D eigenvalue weighted by Gasteiger charge is -2.34. The number of ether oxygens (including phenoxy) is 2. The number of benzene rings is 1. The molecular weight excluding hydrogens is 560 g/mol. The average molecular weight is 599 g/mol. The number of hydrogen-bond donors (Lipinski definition) is 1. The molecule has 42 heavy (non-hydrogen) atoms. The lowest BCUT2D eigenvalue weighted by atomic mass is 10.1. The summed E-state index contributed by atoms with van der Waals surface area (Å²) in [7, 11) is 1.54. The van der Waals surface area contributed by atoms with E-state index in [1.165, 1.54) is 18.0 Å². The van der Waals surface area contributed by atoms with Gasteiger partial charge in [0.1, 0.15) is 28.2 Å². The predicted molar refractivity (Wildman–Crippen MR) is 164 cm³/mol. The van der Waals surface area contributed by atoms with E-state index in [4.69, 9.17) is 15.2 Å². The number of allylic oxidation sites excluding steroid dienone is 2. The molecule has 0 saturated carbocycles. The SMILES string of the molecule is COc1cccc(C(=O)Cn2cnc3c(C(=O)N4CCOCC4)c(N4CCCC(N)C4)n(CC=C(C)C)c3c2=O)c1.Cl. The molecule has 1 atom stereocenters. The molecule has 2 saturated heterocycles. The quantitative estimate of drug-likeness (QED) is 0.310. The number of aromatic nitrogens is 3. The van der Waals surface area contributed by atoms with Gasteiger partial charge < -0.3 is 29.6 Å². The van der Waals surface area contributed by atoms with E-state index in [0.717, 1.165) is 18.4 Å². The van der Waals surface area contributed by atoms with Crippen LogP contribution >= 0.6 is 12.4 Å². The number of methoxy groups -OCH3 is 1. The van der Waals surface area contributed by atoms with Gasteiger partial charge in [0.15, 0.2) is 5.78 Å². The van der Waals surface area contributed by atoms with Gasteiger partial charge in [-0.15, -0.1) is 12.4 Å². The molecule has 4 heterocycles. The number of anilines is 1. The minimum absolute atomic E-state index is 0. The molecule has 3 aromatic rings. The van der Waals surface area contributed by atoms with E-state index in [9.17, 15) is 14.4 Å². The van der Waals surface area contributed by atoms with Gasteiger partial charge in [-0.1, -0.05) is 23.8 Å². The Hall–Kier alpha value is -3.67. The van der Waals surface area contributed by atoms with Crippen molar-refractivity contribution in [1.82, 2.24) is 19.0 Å². The van der Waals surface area contributed by atoms with Crippen LogP contribution in [0, 0.1) is 0 Å². The number of halogens is 1. The van der Waals surface area contributed by atoms with Gasteiger partial charge in [-0.05, 0) is 38.8 Å². The average Bonchev–Trinajstić information content (AvgIpc) is 3.32. The van der Waals surface area contributed by atoms with Crippen LogP contribution in [0.3, 0.4) is 0 Å². The number of nitrogens with zero attached hydrogens (tertiary/aromatic N) is 5. The van der Waals surface area contributed by atoms with Gasteiger partial charge in [0, 0.05) is 44.3 Å². The molecule has 0 bridgehead atoms. The number of fused-ring (bicyclic) bond motifs is 1. The van der Waals surface area contributed by atoms with Gasteiger partial charge in [-0.2, -0.15) is 0 Å². The van der Waals surface area contributed by atoms with E-state index in [1.807, 2.05) is 24.5 Å². The third-order valence-corrected chi connectivity index (χ3v) is 7.66. The summed E-state index contributed by atoms with van der Waals surface area (Å²) in [5.74, 6) is 0.788. The zero-order valence-corrected chi connectivity index (χ0v) is 25.2. The molecule has 1 aromatic carbocycles. The monoisotopic (exact) mass is 598 g/mol. The fraction of sp³-hybridized carbons (Fsp3) is 0.467. The lowest BCUT2D eigenvalue weighted by molar-refractivity contribution is 0.0304. The van der Waals surface area contributed by atoms with Crippen molar-refractivity contribution < 1.29 is 19.1 Å². The maximum absolute atomic E-state index is 14.1. The van der Waals surface area contributed by atoms with Crippen LogP contribution in [0.25, 0.3) is 11.0 Å². The van der Waals surface area contributed by atoms with Gasteiger partial charge in [0.05, 0.1) is 33.2 Å². The summed E-state index contributed by atoms with van der Waals surface area (Å²) >= 11 is 0. The molecule has 5 rings (SSSR count). The highest BCUT2D eigenvalue weighted by Crippen LogP contribution is 2.34. The molecule has 11 nitrogen and oxygen atoms in total. The highest BCUT2D eigenvalue weighted by molar-refractivity contribution is 6.11. The highest BCUT2D eigenvalue weighted by Gasteiger charge is 2.34. The topological polar surface area (TPSA) is 125 Å². The summed E-state index contributed by atoms with van der Waals surface area (Å²) in [6.45, 7) is 7.28. The maximum atomic E-state index is 14.1. The first-order valence-electron chi connectivity index (χ1n) is 14.1. The summed E-state index contributed by atoms with van der Waals surface area (Å²) < 4.78 is 13.9. The van der Waals surface area contributed by atoms with Gasteiger partial charge in [0.2, 0.25) is 0 Å². The van der Waals surface area contributed by atoms with Crippen LogP contribution in [0.4, 0.5) is 5.82 Å². The molecule has 0 radical (unpaired) electrons. The third-order valence-electron chi connectivity index (χ3n) is 7.66. The summed E-state index contributed by atoms with van der Waals surface area (Å²) in [5.41, 5.74) is 8.56. The van der Waals surface area contributed by atoms with Gasteiger partial charge in [-0.25, -0.2) is 4.98 Å². The first-order valence-corrected chi connectivity index (χ1v) is 14.1. The van der Waals surface area contributed by atoms with E-state index in [0.29, 0.717) is 79.7 Å². The third kappa shape index (κ3) is 6.38. The van der Waals surface area contributed by atoms with E-state index in [2.05, 4.69) is 9.88 Å². The zero-order chi connectivity index (χ0) is 29.1. The van der Waals surface area contributed by atoms with Crippen LogP contribution in [0.15, 0.2) is 47.0 Å². The maximum Gasteiger partial charge on any atom is 0.278 e. The fourth-order valence-electron chi connectivity index (χ4n) is 5.51. The normalized spacial score (nSPS) is 17.1. The van der Waals surface area contributed by atoms with Crippen LogP contribution in [-0.4, -0.2) is 83.3 Å². The molecule has 0 aliphatic carbocycles. The number of carbonyl (C=O) groups is 2. The Morgan fingerprint density at radius 3 is 2.64 bits per heavy atom. The zero-order valence-electron chi connectivity index (χ0n) is 24.4. The molecule has 2 fully saturated rings. The predicted octanol–water partition coefficient (Wildman–Crippen LogP) is 2.88. The van der Waals surface area contributed by atoms with Crippen molar-refractivity contribution in [2.24, 2.45) is 5.73 Å². The fourth-order valence-corrected chi connectivity index (χ4v) is 5.51. The Kier molecular flexibility index (Phi) is 10.1. The smallest absolute Gasteiger partial charge is 0.278 e. The minimum atomic E-state index is -0.378. The number of carbonyl (C=O) groups excluding carboxylic acids is 2.